The first-order valence-corrected chi connectivity index (χ1v) is 9.20. The monoisotopic (exact) mass is 283 g/mol. The van der Waals surface area contributed by atoms with Crippen molar-refractivity contribution in [3.63, 3.8) is 0 Å². The van der Waals surface area contributed by atoms with E-state index in [1.165, 1.54) is 83.5 Å². The molecule has 0 aliphatic heterocycles. The van der Waals surface area contributed by atoms with Gasteiger partial charge in [-0.1, -0.05) is 64.7 Å². The van der Waals surface area contributed by atoms with Crippen molar-refractivity contribution >= 4 is 0 Å². The molecule has 0 spiro atoms. The molecule has 2 heteroatoms. The molecule has 0 aromatic rings. The van der Waals surface area contributed by atoms with Gasteiger partial charge in [0.1, 0.15) is 0 Å². The van der Waals surface area contributed by atoms with Crippen LogP contribution in [0.3, 0.4) is 0 Å². The highest BCUT2D eigenvalue weighted by Gasteiger charge is 2.19. The van der Waals surface area contributed by atoms with Crippen LogP contribution < -0.4 is 5.73 Å². The lowest BCUT2D eigenvalue weighted by molar-refractivity contribution is 0.0215. The summed E-state index contributed by atoms with van der Waals surface area (Å²) in [6.07, 6.45) is 19.1. The molecule has 0 radical (unpaired) electrons. The number of hydrogen-bond acceptors (Lipinski definition) is 2. The molecule has 20 heavy (non-hydrogen) atoms. The molecule has 1 aliphatic carbocycles. The minimum atomic E-state index is 0.390. The van der Waals surface area contributed by atoms with E-state index in [9.17, 15) is 0 Å². The summed E-state index contributed by atoms with van der Waals surface area (Å²) in [6, 6.07) is 0.390. The molecule has 1 saturated carbocycles. The van der Waals surface area contributed by atoms with E-state index in [2.05, 4.69) is 6.92 Å². The summed E-state index contributed by atoms with van der Waals surface area (Å²) in [6.45, 7) is 3.23. The third-order valence-corrected chi connectivity index (χ3v) is 4.52. The standard InChI is InChI=1S/C18H37NO/c1-2-3-4-5-6-7-8-9-10-11-15-20-18-14-12-13-17(19)16-18/h17-18H,2-16,19H2,1H3. The fourth-order valence-electron chi connectivity index (χ4n) is 3.17. The van der Waals surface area contributed by atoms with Crippen LogP contribution in [0.5, 0.6) is 0 Å². The van der Waals surface area contributed by atoms with Crippen molar-refractivity contribution in [2.45, 2.75) is 109 Å². The SMILES string of the molecule is CCCCCCCCCCCCOC1CCCC(N)C1. The number of unbranched alkanes of at least 4 members (excludes halogenated alkanes) is 9. The molecule has 0 aromatic heterocycles. The van der Waals surface area contributed by atoms with Crippen LogP contribution in [0.1, 0.15) is 96.8 Å². The maximum absolute atomic E-state index is 5.97. The third kappa shape index (κ3) is 9.77. The highest BCUT2D eigenvalue weighted by molar-refractivity contribution is 4.75. The zero-order valence-electron chi connectivity index (χ0n) is 13.7. The first-order valence-electron chi connectivity index (χ1n) is 9.20. The molecule has 1 rings (SSSR count). The first-order chi connectivity index (χ1) is 9.83. The predicted octanol–water partition coefficient (Wildman–Crippen LogP) is 5.19. The first kappa shape index (κ1) is 18.0. The molecule has 1 aliphatic rings. The van der Waals surface area contributed by atoms with E-state index < -0.39 is 0 Å². The molecule has 0 bridgehead atoms. The molecule has 2 unspecified atom stereocenters. The smallest absolute Gasteiger partial charge is 0.0589 e. The highest BCUT2D eigenvalue weighted by atomic mass is 16.5. The van der Waals surface area contributed by atoms with E-state index in [1.54, 1.807) is 0 Å². The summed E-state index contributed by atoms with van der Waals surface area (Å²) >= 11 is 0. The summed E-state index contributed by atoms with van der Waals surface area (Å²) in [5.74, 6) is 0. The molecule has 1 fully saturated rings. The van der Waals surface area contributed by atoms with Crippen LogP contribution in [-0.2, 0) is 4.74 Å². The van der Waals surface area contributed by atoms with Crippen LogP contribution in [0.4, 0.5) is 0 Å². The zero-order chi connectivity index (χ0) is 14.5. The average Bonchev–Trinajstić information content (AvgIpc) is 2.45. The van der Waals surface area contributed by atoms with E-state index in [1.807, 2.05) is 0 Å². The minimum absolute atomic E-state index is 0.390. The van der Waals surface area contributed by atoms with Gasteiger partial charge in [0, 0.05) is 12.6 Å². The van der Waals surface area contributed by atoms with Crippen molar-refractivity contribution in [2.24, 2.45) is 5.73 Å². The Bertz CT molecular complexity index is 208. The van der Waals surface area contributed by atoms with Crippen LogP contribution in [-0.4, -0.2) is 18.8 Å². The van der Waals surface area contributed by atoms with Crippen LogP contribution in [0.2, 0.25) is 0 Å². The van der Waals surface area contributed by atoms with Crippen LogP contribution >= 0.6 is 0 Å². The second kappa shape index (κ2) is 12.6. The molecule has 0 saturated heterocycles. The number of rotatable bonds is 12. The van der Waals surface area contributed by atoms with Crippen molar-refractivity contribution in [3.8, 4) is 0 Å². The van der Waals surface area contributed by atoms with Gasteiger partial charge in [-0.05, 0) is 32.1 Å². The van der Waals surface area contributed by atoms with E-state index >= 15 is 0 Å². The van der Waals surface area contributed by atoms with Gasteiger partial charge in [0.15, 0.2) is 0 Å². The third-order valence-electron chi connectivity index (χ3n) is 4.52. The lowest BCUT2D eigenvalue weighted by Crippen LogP contribution is -2.32. The van der Waals surface area contributed by atoms with E-state index in [-0.39, 0.29) is 0 Å². The summed E-state index contributed by atoms with van der Waals surface area (Å²) in [4.78, 5) is 0. The van der Waals surface area contributed by atoms with Gasteiger partial charge in [0.2, 0.25) is 0 Å². The van der Waals surface area contributed by atoms with Crippen molar-refractivity contribution in [3.05, 3.63) is 0 Å². The topological polar surface area (TPSA) is 35.2 Å². The van der Waals surface area contributed by atoms with Crippen LogP contribution in [0.15, 0.2) is 0 Å². The molecule has 0 amide bonds. The lowest BCUT2D eigenvalue weighted by Gasteiger charge is -2.26. The Hall–Kier alpha value is -0.0800. The number of hydrogen-bond donors (Lipinski definition) is 1. The second-order valence-electron chi connectivity index (χ2n) is 6.60. The average molecular weight is 284 g/mol. The Morgan fingerprint density at radius 3 is 2.05 bits per heavy atom. The fraction of sp³-hybridized carbons (Fsp3) is 1.00. The van der Waals surface area contributed by atoms with Gasteiger partial charge in [0.25, 0.3) is 0 Å². The summed E-state index contributed by atoms with van der Waals surface area (Å²) in [5, 5.41) is 0. The molecule has 0 heterocycles. The Morgan fingerprint density at radius 2 is 1.45 bits per heavy atom. The van der Waals surface area contributed by atoms with Gasteiger partial charge in [0.05, 0.1) is 6.10 Å². The summed E-state index contributed by atoms with van der Waals surface area (Å²) in [5.41, 5.74) is 5.97. The van der Waals surface area contributed by atoms with Crippen molar-refractivity contribution < 1.29 is 4.74 Å². The maximum Gasteiger partial charge on any atom is 0.0589 e. The van der Waals surface area contributed by atoms with E-state index in [0.29, 0.717) is 12.1 Å². The van der Waals surface area contributed by atoms with Gasteiger partial charge >= 0.3 is 0 Å². The molecule has 120 valence electrons. The van der Waals surface area contributed by atoms with Crippen LogP contribution in [0, 0.1) is 0 Å². The van der Waals surface area contributed by atoms with Gasteiger partial charge in [-0.15, -0.1) is 0 Å². The molecule has 2 atom stereocenters. The van der Waals surface area contributed by atoms with E-state index in [0.717, 1.165) is 13.0 Å². The van der Waals surface area contributed by atoms with Gasteiger partial charge in [-0.2, -0.15) is 0 Å². The fourth-order valence-corrected chi connectivity index (χ4v) is 3.17. The molecular weight excluding hydrogens is 246 g/mol. The Balaban J connectivity index is 1.76. The largest absolute Gasteiger partial charge is 0.378 e. The minimum Gasteiger partial charge on any atom is -0.378 e. The Labute approximate surface area is 126 Å². The summed E-state index contributed by atoms with van der Waals surface area (Å²) in [7, 11) is 0. The molecule has 2 nitrogen and oxygen atoms in total. The zero-order valence-corrected chi connectivity index (χ0v) is 13.7. The molecular formula is C18H37NO. The van der Waals surface area contributed by atoms with Gasteiger partial charge in [-0.25, -0.2) is 0 Å². The molecule has 2 N–H and O–H groups in total. The van der Waals surface area contributed by atoms with Gasteiger partial charge < -0.3 is 10.5 Å². The quantitative estimate of drug-likeness (QED) is 0.500. The van der Waals surface area contributed by atoms with Crippen LogP contribution in [0.25, 0.3) is 0 Å². The Morgan fingerprint density at radius 1 is 0.850 bits per heavy atom. The lowest BCUT2D eigenvalue weighted by atomic mass is 9.93. The highest BCUT2D eigenvalue weighted by Crippen LogP contribution is 2.20. The van der Waals surface area contributed by atoms with E-state index in [4.69, 9.17) is 10.5 Å². The van der Waals surface area contributed by atoms with Crippen molar-refractivity contribution in [1.29, 1.82) is 0 Å². The number of nitrogens with two attached hydrogens (primary N) is 1. The van der Waals surface area contributed by atoms with Crippen molar-refractivity contribution in [2.75, 3.05) is 6.61 Å². The normalized spacial score (nSPS) is 23.1. The van der Waals surface area contributed by atoms with Crippen molar-refractivity contribution in [1.82, 2.24) is 0 Å². The summed E-state index contributed by atoms with van der Waals surface area (Å²) < 4.78 is 5.95. The predicted molar refractivity (Wildman–Crippen MR) is 88.0 cm³/mol. The Kier molecular flexibility index (Phi) is 11.4. The molecule has 0 aromatic carbocycles. The maximum atomic E-state index is 5.97. The van der Waals surface area contributed by atoms with Gasteiger partial charge in [-0.3, -0.25) is 0 Å². The second-order valence-corrected chi connectivity index (χ2v) is 6.60. The number of ether oxygens (including phenoxy) is 1.